The third kappa shape index (κ3) is 1.61. The van der Waals surface area contributed by atoms with Crippen molar-refractivity contribution in [2.45, 2.75) is 19.3 Å². The molecule has 0 radical (unpaired) electrons. The maximum Gasteiger partial charge on any atom is 0.0600 e. The van der Waals surface area contributed by atoms with E-state index in [0.29, 0.717) is 12.5 Å². The number of benzene rings is 1. The Hall–Kier alpha value is -1.22. The Kier molecular flexibility index (Phi) is 2.51. The van der Waals surface area contributed by atoms with Crippen molar-refractivity contribution in [3.05, 3.63) is 24.3 Å². The number of anilines is 2. The van der Waals surface area contributed by atoms with Crippen LogP contribution in [0.4, 0.5) is 11.4 Å². The molecule has 0 spiro atoms. The summed E-state index contributed by atoms with van der Waals surface area (Å²) in [4.78, 5) is 2.36. The molecule has 2 aliphatic rings. The van der Waals surface area contributed by atoms with Crippen LogP contribution in [-0.2, 0) is 0 Å². The first-order chi connectivity index (χ1) is 8.25. The van der Waals surface area contributed by atoms with Crippen molar-refractivity contribution in [1.29, 1.82) is 0 Å². The molecule has 1 aliphatic carbocycles. The fourth-order valence-electron chi connectivity index (χ4n) is 3.63. The Morgan fingerprint density at radius 3 is 2.94 bits per heavy atom. The van der Waals surface area contributed by atoms with Crippen molar-refractivity contribution in [2.75, 3.05) is 30.3 Å². The fraction of sp³-hybridized carbons (Fsp3) is 0.571. The van der Waals surface area contributed by atoms with Crippen LogP contribution in [0.15, 0.2) is 24.3 Å². The van der Waals surface area contributed by atoms with E-state index in [2.05, 4.69) is 11.0 Å². The van der Waals surface area contributed by atoms with E-state index in [1.165, 1.54) is 12.8 Å². The van der Waals surface area contributed by atoms with E-state index in [0.717, 1.165) is 30.9 Å². The van der Waals surface area contributed by atoms with Crippen molar-refractivity contribution < 1.29 is 5.11 Å². The smallest absolute Gasteiger partial charge is 0.0600 e. The molecule has 3 nitrogen and oxygen atoms in total. The van der Waals surface area contributed by atoms with Crippen LogP contribution < -0.4 is 10.6 Å². The van der Waals surface area contributed by atoms with E-state index in [1.807, 2.05) is 18.2 Å². The van der Waals surface area contributed by atoms with Gasteiger partial charge in [-0.15, -0.1) is 0 Å². The molecule has 1 saturated carbocycles. The second-order valence-corrected chi connectivity index (χ2v) is 5.55. The Balaban J connectivity index is 1.87. The summed E-state index contributed by atoms with van der Waals surface area (Å²) in [6, 6.07) is 8.04. The highest BCUT2D eigenvalue weighted by Gasteiger charge is 2.49. The number of hydrogen-bond donors (Lipinski definition) is 2. The molecule has 0 unspecified atom stereocenters. The van der Waals surface area contributed by atoms with Gasteiger partial charge in [-0.1, -0.05) is 18.6 Å². The molecule has 1 aromatic rings. The predicted octanol–water partition coefficient (Wildman–Crippen LogP) is 1.87. The van der Waals surface area contributed by atoms with Gasteiger partial charge in [0, 0.05) is 18.5 Å². The second kappa shape index (κ2) is 3.91. The molecule has 0 amide bonds. The van der Waals surface area contributed by atoms with Crippen molar-refractivity contribution in [3.8, 4) is 0 Å². The molecule has 1 aromatic carbocycles. The van der Waals surface area contributed by atoms with Crippen LogP contribution in [0.2, 0.25) is 0 Å². The maximum atomic E-state index is 9.70. The number of para-hydroxylation sites is 2. The Labute approximate surface area is 102 Å². The van der Waals surface area contributed by atoms with E-state index in [9.17, 15) is 5.11 Å². The van der Waals surface area contributed by atoms with Crippen LogP contribution in [0.5, 0.6) is 0 Å². The lowest BCUT2D eigenvalue weighted by Crippen LogP contribution is -2.31. The summed E-state index contributed by atoms with van der Waals surface area (Å²) in [6.07, 6.45) is 3.69. The Morgan fingerprint density at radius 2 is 2.24 bits per heavy atom. The maximum absolute atomic E-state index is 9.70. The van der Waals surface area contributed by atoms with Crippen LogP contribution in [0.1, 0.15) is 19.3 Å². The summed E-state index contributed by atoms with van der Waals surface area (Å²) >= 11 is 0. The number of nitrogen functional groups attached to an aromatic ring is 1. The summed E-state index contributed by atoms with van der Waals surface area (Å²) in [7, 11) is 0. The molecule has 2 fully saturated rings. The lowest BCUT2D eigenvalue weighted by atomic mass is 9.82. The van der Waals surface area contributed by atoms with Gasteiger partial charge in [-0.05, 0) is 30.9 Å². The standard InChI is InChI=1S/C14H20N2O/c15-12-5-1-2-6-13(12)16-8-11-4-3-7-14(11,9-16)10-17/h1-2,5-6,11,17H,3-4,7-10,15H2/t11-,14-/m1/s1. The Morgan fingerprint density at radius 1 is 1.41 bits per heavy atom. The van der Waals surface area contributed by atoms with Crippen LogP contribution in [0.25, 0.3) is 0 Å². The number of aliphatic hydroxyl groups excluding tert-OH is 1. The van der Waals surface area contributed by atoms with Crippen molar-refractivity contribution >= 4 is 11.4 Å². The van der Waals surface area contributed by atoms with Crippen LogP contribution >= 0.6 is 0 Å². The van der Waals surface area contributed by atoms with Crippen LogP contribution in [-0.4, -0.2) is 24.8 Å². The van der Waals surface area contributed by atoms with Gasteiger partial charge in [-0.2, -0.15) is 0 Å². The van der Waals surface area contributed by atoms with E-state index >= 15 is 0 Å². The molecule has 1 saturated heterocycles. The summed E-state index contributed by atoms with van der Waals surface area (Å²) in [5.74, 6) is 0.645. The number of rotatable bonds is 2. The van der Waals surface area contributed by atoms with Gasteiger partial charge < -0.3 is 15.7 Å². The SMILES string of the molecule is Nc1ccccc1N1C[C@H]2CCC[C@]2(CO)C1. The molecule has 92 valence electrons. The van der Waals surface area contributed by atoms with Gasteiger partial charge in [0.15, 0.2) is 0 Å². The molecule has 17 heavy (non-hydrogen) atoms. The lowest BCUT2D eigenvalue weighted by molar-refractivity contribution is 0.121. The summed E-state index contributed by atoms with van der Waals surface area (Å²) in [6.45, 7) is 2.33. The number of nitrogens with two attached hydrogens (primary N) is 1. The zero-order valence-corrected chi connectivity index (χ0v) is 10.1. The summed E-state index contributed by atoms with van der Waals surface area (Å²) in [5, 5.41) is 9.70. The van der Waals surface area contributed by atoms with Crippen molar-refractivity contribution in [1.82, 2.24) is 0 Å². The van der Waals surface area contributed by atoms with Gasteiger partial charge in [0.05, 0.1) is 18.0 Å². The van der Waals surface area contributed by atoms with Gasteiger partial charge in [0.25, 0.3) is 0 Å². The third-order valence-corrected chi connectivity index (χ3v) is 4.63. The van der Waals surface area contributed by atoms with Crippen molar-refractivity contribution in [3.63, 3.8) is 0 Å². The van der Waals surface area contributed by atoms with Gasteiger partial charge in [0.1, 0.15) is 0 Å². The molecule has 3 rings (SSSR count). The zero-order valence-electron chi connectivity index (χ0n) is 10.1. The largest absolute Gasteiger partial charge is 0.397 e. The molecule has 0 aromatic heterocycles. The van der Waals surface area contributed by atoms with Crippen molar-refractivity contribution in [2.24, 2.45) is 11.3 Å². The van der Waals surface area contributed by atoms with Gasteiger partial charge >= 0.3 is 0 Å². The van der Waals surface area contributed by atoms with Gasteiger partial charge in [-0.25, -0.2) is 0 Å². The topological polar surface area (TPSA) is 49.5 Å². The fourth-order valence-corrected chi connectivity index (χ4v) is 3.63. The quantitative estimate of drug-likeness (QED) is 0.765. The normalized spacial score (nSPS) is 31.8. The summed E-state index contributed by atoms with van der Waals surface area (Å²) < 4.78 is 0. The van der Waals surface area contributed by atoms with Crippen LogP contribution in [0.3, 0.4) is 0 Å². The van der Waals surface area contributed by atoms with E-state index in [1.54, 1.807) is 0 Å². The number of nitrogens with zero attached hydrogens (tertiary/aromatic N) is 1. The first-order valence-corrected chi connectivity index (χ1v) is 6.45. The highest BCUT2D eigenvalue weighted by atomic mass is 16.3. The minimum atomic E-state index is 0.141. The highest BCUT2D eigenvalue weighted by molar-refractivity contribution is 5.68. The monoisotopic (exact) mass is 232 g/mol. The molecule has 0 bridgehead atoms. The van der Waals surface area contributed by atoms with E-state index in [4.69, 9.17) is 5.73 Å². The number of aliphatic hydroxyl groups is 1. The number of hydrogen-bond acceptors (Lipinski definition) is 3. The number of fused-ring (bicyclic) bond motifs is 1. The average molecular weight is 232 g/mol. The molecule has 2 atom stereocenters. The van der Waals surface area contributed by atoms with Gasteiger partial charge in [0.2, 0.25) is 0 Å². The third-order valence-electron chi connectivity index (χ3n) is 4.63. The van der Waals surface area contributed by atoms with Gasteiger partial charge in [-0.3, -0.25) is 0 Å². The Bertz CT molecular complexity index is 420. The summed E-state index contributed by atoms with van der Waals surface area (Å²) in [5.41, 5.74) is 8.15. The van der Waals surface area contributed by atoms with Crippen LogP contribution in [0, 0.1) is 11.3 Å². The molecular weight excluding hydrogens is 212 g/mol. The minimum absolute atomic E-state index is 0.141. The second-order valence-electron chi connectivity index (χ2n) is 5.55. The zero-order chi connectivity index (χ0) is 11.9. The molecule has 1 heterocycles. The molecule has 3 N–H and O–H groups in total. The van der Waals surface area contributed by atoms with E-state index < -0.39 is 0 Å². The first-order valence-electron chi connectivity index (χ1n) is 6.45. The molecule has 3 heteroatoms. The molecule has 1 aliphatic heterocycles. The van der Waals surface area contributed by atoms with E-state index in [-0.39, 0.29) is 5.41 Å². The average Bonchev–Trinajstić information content (AvgIpc) is 2.86. The lowest BCUT2D eigenvalue weighted by Gasteiger charge is -2.27. The minimum Gasteiger partial charge on any atom is -0.397 e. The molecular formula is C14H20N2O. The first kappa shape index (κ1) is 10.9. The predicted molar refractivity (Wildman–Crippen MR) is 69.9 cm³/mol. The highest BCUT2D eigenvalue weighted by Crippen LogP contribution is 2.49.